The summed E-state index contributed by atoms with van der Waals surface area (Å²) in [6.45, 7) is 44.6. The first-order valence-corrected chi connectivity index (χ1v) is 40.9. The van der Waals surface area contributed by atoms with Gasteiger partial charge in [0, 0.05) is 53.8 Å². The van der Waals surface area contributed by atoms with E-state index in [1.54, 1.807) is 55.4 Å². The van der Waals surface area contributed by atoms with Gasteiger partial charge in [-0.1, -0.05) is 109 Å². The van der Waals surface area contributed by atoms with Gasteiger partial charge in [-0.3, -0.25) is 47.9 Å². The molecule has 7 aliphatic heterocycles. The molecule has 9 saturated carbocycles. The molecule has 0 aromatic heterocycles. The second kappa shape index (κ2) is 39.3. The van der Waals surface area contributed by atoms with Crippen molar-refractivity contribution in [1.29, 1.82) is 0 Å². The largest absolute Gasteiger partial charge is 0.458 e. The Balaban J connectivity index is 0.00000147. The van der Waals surface area contributed by atoms with Gasteiger partial charge in [-0.05, 0) is 235 Å². The fourth-order valence-electron chi connectivity index (χ4n) is 18.8. The Morgan fingerprint density at radius 1 is 0.364 bits per heavy atom. The maximum absolute atomic E-state index is 12.8. The molecule has 0 N–H and O–H groups in total. The van der Waals surface area contributed by atoms with Crippen LogP contribution in [0.15, 0.2) is 0 Å². The maximum atomic E-state index is 12.8. The van der Waals surface area contributed by atoms with Crippen molar-refractivity contribution in [3.8, 4) is 0 Å². The molecule has 16 fully saturated rings. The Hall–Kier alpha value is -6.89. The molecule has 0 amide bonds. The highest BCUT2D eigenvalue weighted by Gasteiger charge is 2.73. The number of fused-ring (bicyclic) bond motifs is 7. The smallest absolute Gasteiger partial charge is 0.350 e. The van der Waals surface area contributed by atoms with Crippen molar-refractivity contribution < 1.29 is 124 Å². The number of carbonyl (C=O) groups is 13. The van der Waals surface area contributed by atoms with E-state index in [9.17, 15) is 62.3 Å². The van der Waals surface area contributed by atoms with E-state index in [2.05, 4.69) is 0 Å². The van der Waals surface area contributed by atoms with Crippen molar-refractivity contribution in [2.75, 3.05) is 0 Å². The van der Waals surface area contributed by atoms with E-state index < -0.39 is 114 Å². The van der Waals surface area contributed by atoms with Gasteiger partial charge in [0.05, 0.1) is 56.7 Å². The lowest BCUT2D eigenvalue weighted by Gasteiger charge is -2.48. The third-order valence-electron chi connectivity index (χ3n) is 29.1. The molecule has 12 bridgehead atoms. The molecule has 23 unspecified atom stereocenters. The second-order valence-electron chi connectivity index (χ2n) is 39.9. The van der Waals surface area contributed by atoms with Crippen molar-refractivity contribution in [2.45, 2.75) is 426 Å². The molecular formula is C95H166O26. The van der Waals surface area contributed by atoms with Crippen molar-refractivity contribution in [3.63, 3.8) is 0 Å². The minimum absolute atomic E-state index is 0. The topological polar surface area (TPSA) is 342 Å². The van der Waals surface area contributed by atoms with Crippen LogP contribution in [0.25, 0.3) is 0 Å². The fraction of sp³-hybridized carbons (Fsp3) is 0.863. The van der Waals surface area contributed by atoms with Gasteiger partial charge >= 0.3 is 77.6 Å². The predicted molar refractivity (Wildman–Crippen MR) is 462 cm³/mol. The normalized spacial score (nSPS) is 33.9. The lowest BCUT2D eigenvalue weighted by atomic mass is 9.74. The number of rotatable bonds is 21. The standard InChI is InChI=1S/2C19H28O6.C18H26O6.C15H22O4.C14H22O4.10CH4/c1-7-17(2,3)15(21)24-18(4,5)16(22)25-19(6)10-8-11-12(9-10)14(20)23-13(11)19;1-7-17(2,3)15(21)25-18(4,5)16(22)23-13-10-8-11-12(9-10)19(13,6)24-14(11)20;1-6-17(2,3)15(20)24-18(4,5)16(21)23-12-9-7-10-11(8-9)14(19)22-13(10)12;1-5-14(2,3)13(17)18-11-9-6-8-7-10(9)12(16)19-15(8,11)4;1-5-13(2,3)12(16)17-10-8-9-6-7-14(10,4)18-11(9)15;;;;;;;;;;/h2*10-13H,7-9H2,1-6H3;9-13H,6-8H2,1-5H3;8-11H,5-7H2,1-4H3;9-10H,5-8H2,1-4H3;10*1H4. The molecule has 26 heteroatoms. The van der Waals surface area contributed by atoms with Gasteiger partial charge in [0.25, 0.3) is 0 Å². The molecule has 0 spiro atoms. The minimum atomic E-state index is -1.39. The summed E-state index contributed by atoms with van der Waals surface area (Å²) in [5.74, 6) is -3.04. The monoisotopic (exact) mass is 1720 g/mol. The lowest BCUT2D eigenvalue weighted by Crippen LogP contribution is -2.59. The Labute approximate surface area is 728 Å². The highest BCUT2D eigenvalue weighted by molar-refractivity contribution is 5.88. The molecule has 7 heterocycles. The minimum Gasteiger partial charge on any atom is -0.458 e. The summed E-state index contributed by atoms with van der Waals surface area (Å²) in [7, 11) is 0. The zero-order valence-electron chi connectivity index (χ0n) is 70.4. The zero-order chi connectivity index (χ0) is 83.0. The summed E-state index contributed by atoms with van der Waals surface area (Å²) >= 11 is 0. The molecule has 0 radical (unpaired) electrons. The summed E-state index contributed by atoms with van der Waals surface area (Å²) in [5, 5.41) is 0. The van der Waals surface area contributed by atoms with E-state index in [-0.39, 0.29) is 211 Å². The first kappa shape index (κ1) is 114. The van der Waals surface area contributed by atoms with Crippen LogP contribution in [0.3, 0.4) is 0 Å². The van der Waals surface area contributed by atoms with Gasteiger partial charge in [-0.2, -0.15) is 0 Å². The number of carbonyl (C=O) groups excluding carboxylic acids is 13. The molecule has 23 atom stereocenters. The Bertz CT molecular complexity index is 3730. The molecule has 16 aliphatic rings. The van der Waals surface area contributed by atoms with Crippen LogP contribution in [0.5, 0.6) is 0 Å². The number of esters is 13. The third-order valence-corrected chi connectivity index (χ3v) is 29.1. The van der Waals surface area contributed by atoms with E-state index in [1.807, 2.05) is 90.0 Å². The molecular weight excluding hydrogens is 1560 g/mol. The van der Waals surface area contributed by atoms with E-state index in [1.165, 1.54) is 27.7 Å². The average molecular weight is 1720 g/mol. The molecule has 9 aliphatic carbocycles. The molecule has 121 heavy (non-hydrogen) atoms. The van der Waals surface area contributed by atoms with Crippen LogP contribution < -0.4 is 0 Å². The Morgan fingerprint density at radius 3 is 1.23 bits per heavy atom. The second-order valence-corrected chi connectivity index (χ2v) is 39.9. The fourth-order valence-corrected chi connectivity index (χ4v) is 18.8. The molecule has 7 saturated heterocycles. The van der Waals surface area contributed by atoms with Crippen molar-refractivity contribution in [2.24, 2.45) is 104 Å². The van der Waals surface area contributed by atoms with Crippen LogP contribution in [-0.4, -0.2) is 153 Å². The van der Waals surface area contributed by atoms with Gasteiger partial charge in [0.1, 0.15) is 59.0 Å². The van der Waals surface area contributed by atoms with Crippen molar-refractivity contribution in [1.82, 2.24) is 0 Å². The van der Waals surface area contributed by atoms with Crippen molar-refractivity contribution >= 4 is 77.6 Å². The van der Waals surface area contributed by atoms with E-state index in [4.69, 9.17) is 61.6 Å². The molecule has 16 rings (SSSR count). The van der Waals surface area contributed by atoms with Crippen LogP contribution in [0.2, 0.25) is 0 Å². The Kier molecular flexibility index (Phi) is 37.1. The third kappa shape index (κ3) is 20.8. The Morgan fingerprint density at radius 2 is 0.760 bits per heavy atom. The summed E-state index contributed by atoms with van der Waals surface area (Å²) in [6.07, 6.45) is 9.97. The molecule has 26 nitrogen and oxygen atoms in total. The number of ether oxygens (including phenoxy) is 13. The lowest BCUT2D eigenvalue weighted by molar-refractivity contribution is -0.224. The summed E-state index contributed by atoms with van der Waals surface area (Å²) in [6, 6.07) is 0. The van der Waals surface area contributed by atoms with Gasteiger partial charge < -0.3 is 61.6 Å². The van der Waals surface area contributed by atoms with Gasteiger partial charge in [0.15, 0.2) is 0 Å². The van der Waals surface area contributed by atoms with Gasteiger partial charge in [-0.25, -0.2) is 14.4 Å². The van der Waals surface area contributed by atoms with E-state index in [0.717, 1.165) is 64.2 Å². The quantitative estimate of drug-likeness (QED) is 0.0761. The maximum Gasteiger partial charge on any atom is 0.350 e. The number of hydrogen-bond acceptors (Lipinski definition) is 26. The zero-order valence-corrected chi connectivity index (χ0v) is 70.4. The highest BCUT2D eigenvalue weighted by atomic mass is 16.7. The van der Waals surface area contributed by atoms with Crippen LogP contribution >= 0.6 is 0 Å². The first-order chi connectivity index (χ1) is 51.0. The molecule has 702 valence electrons. The predicted octanol–water partition coefficient (Wildman–Crippen LogP) is 18.6. The highest BCUT2D eigenvalue weighted by Crippen LogP contribution is 2.64. The molecule has 0 aromatic rings. The van der Waals surface area contributed by atoms with Gasteiger partial charge in [-0.15, -0.1) is 0 Å². The number of hydrogen-bond donors (Lipinski definition) is 0. The molecule has 0 aromatic carbocycles. The average Bonchev–Trinajstić information content (AvgIpc) is 1.56. The van der Waals surface area contributed by atoms with E-state index >= 15 is 0 Å². The van der Waals surface area contributed by atoms with E-state index in [0.29, 0.717) is 44.4 Å². The van der Waals surface area contributed by atoms with Crippen LogP contribution in [0.4, 0.5) is 0 Å². The van der Waals surface area contributed by atoms with Crippen LogP contribution in [0.1, 0.15) is 350 Å². The van der Waals surface area contributed by atoms with Crippen molar-refractivity contribution in [3.05, 3.63) is 0 Å². The first-order valence-electron chi connectivity index (χ1n) is 40.9. The van der Waals surface area contributed by atoms with Gasteiger partial charge in [0.2, 0.25) is 16.8 Å². The van der Waals surface area contributed by atoms with Crippen LogP contribution in [-0.2, 0) is 124 Å². The van der Waals surface area contributed by atoms with Crippen LogP contribution in [0, 0.1) is 104 Å². The SMILES string of the molecule is C.C.C.C.C.C.C.C.C.C.CCC(C)(C)C(=O)OC(C)(C)C(=O)OC1(C)C2CC3C(=O)OC1C3C2.CCC(C)(C)C(=O)OC(C)(C)C(=O)OC1C2CC3C(=O)OC1(C)C3C2.CCC(C)(C)C(=O)OC(C)(C)C(=O)OC1C2CC3C(=O)OC1C3C2.CCC(C)(C)C(=O)OC1C2CC3CC2C(=O)OC31C.CCC(C)(C)C(=O)OC1CC2CCC1(C)OC2=O. The summed E-state index contributed by atoms with van der Waals surface area (Å²) < 4.78 is 72.4. The summed E-state index contributed by atoms with van der Waals surface area (Å²) in [4.78, 5) is 158. The summed E-state index contributed by atoms with van der Waals surface area (Å²) in [5.41, 5.74) is -9.87.